The predicted octanol–water partition coefficient (Wildman–Crippen LogP) is 3.78. The van der Waals surface area contributed by atoms with Crippen LogP contribution in [0.15, 0.2) is 103 Å². The molecule has 0 saturated heterocycles. The van der Waals surface area contributed by atoms with Crippen molar-refractivity contribution in [3.8, 4) is 33.6 Å². The van der Waals surface area contributed by atoms with E-state index in [2.05, 4.69) is 115 Å². The molecule has 29 heavy (non-hydrogen) atoms. The van der Waals surface area contributed by atoms with Crippen LogP contribution in [-0.4, -0.2) is 0 Å². The second-order valence-electron chi connectivity index (χ2n) is 7.12. The van der Waals surface area contributed by atoms with Gasteiger partial charge in [0, 0.05) is 29.7 Å². The third-order valence-corrected chi connectivity index (χ3v) is 5.15. The maximum Gasteiger partial charge on any atom is 0.213 e. The van der Waals surface area contributed by atoms with E-state index in [4.69, 9.17) is 0 Å². The Hall–Kier alpha value is -2.90. The van der Waals surface area contributed by atoms with Crippen LogP contribution in [0.5, 0.6) is 0 Å². The SMILES string of the molecule is CCCC[n+]1c(-c2ccccc2)cc(-c2ccccc2)cc1-c1ccccc1.[Cl-]. The number of aromatic nitrogens is 1. The first-order chi connectivity index (χ1) is 13.9. The lowest BCUT2D eigenvalue weighted by Crippen LogP contribution is -3.00. The van der Waals surface area contributed by atoms with Gasteiger partial charge in [-0.1, -0.05) is 80.1 Å². The maximum atomic E-state index is 2.49. The quantitative estimate of drug-likeness (QED) is 0.434. The van der Waals surface area contributed by atoms with Crippen LogP contribution in [0.25, 0.3) is 33.6 Å². The Bertz CT molecular complexity index is 967. The van der Waals surface area contributed by atoms with Crippen LogP contribution in [-0.2, 0) is 6.54 Å². The molecule has 0 radical (unpaired) electrons. The van der Waals surface area contributed by atoms with Gasteiger partial charge in [-0.2, -0.15) is 4.57 Å². The summed E-state index contributed by atoms with van der Waals surface area (Å²) in [4.78, 5) is 0. The molecule has 1 heterocycles. The first-order valence-electron chi connectivity index (χ1n) is 10.1. The molecule has 0 amide bonds. The molecule has 4 rings (SSSR count). The van der Waals surface area contributed by atoms with Crippen molar-refractivity contribution in [2.24, 2.45) is 0 Å². The van der Waals surface area contributed by atoms with Crippen molar-refractivity contribution in [1.29, 1.82) is 0 Å². The molecule has 3 aromatic carbocycles. The highest BCUT2D eigenvalue weighted by Crippen LogP contribution is 2.29. The molecule has 4 aromatic rings. The predicted molar refractivity (Wildman–Crippen MR) is 118 cm³/mol. The minimum Gasteiger partial charge on any atom is -1.00 e. The number of hydrogen-bond donors (Lipinski definition) is 0. The van der Waals surface area contributed by atoms with E-state index in [-0.39, 0.29) is 12.4 Å². The molecule has 1 nitrogen and oxygen atoms in total. The van der Waals surface area contributed by atoms with Gasteiger partial charge in [-0.15, -0.1) is 0 Å². The first kappa shape index (κ1) is 20.8. The van der Waals surface area contributed by atoms with Crippen molar-refractivity contribution in [3.63, 3.8) is 0 Å². The van der Waals surface area contributed by atoms with E-state index >= 15 is 0 Å². The molecule has 0 fully saturated rings. The molecule has 0 N–H and O–H groups in total. The molecular weight excluding hydrogens is 374 g/mol. The van der Waals surface area contributed by atoms with Gasteiger partial charge in [0.25, 0.3) is 0 Å². The Morgan fingerprint density at radius 3 is 1.38 bits per heavy atom. The fraction of sp³-hybridized carbons (Fsp3) is 0.148. The molecule has 146 valence electrons. The summed E-state index contributed by atoms with van der Waals surface area (Å²) in [5.74, 6) is 0. The van der Waals surface area contributed by atoms with Crippen molar-refractivity contribution >= 4 is 0 Å². The van der Waals surface area contributed by atoms with E-state index in [1.807, 2.05) is 0 Å². The van der Waals surface area contributed by atoms with Crippen LogP contribution in [0.4, 0.5) is 0 Å². The van der Waals surface area contributed by atoms with Gasteiger partial charge >= 0.3 is 0 Å². The highest BCUT2D eigenvalue weighted by molar-refractivity contribution is 5.73. The molecule has 0 aliphatic rings. The van der Waals surface area contributed by atoms with Crippen molar-refractivity contribution < 1.29 is 17.0 Å². The van der Waals surface area contributed by atoms with E-state index in [0.717, 1.165) is 13.0 Å². The van der Waals surface area contributed by atoms with E-state index < -0.39 is 0 Å². The third-order valence-electron chi connectivity index (χ3n) is 5.15. The summed E-state index contributed by atoms with van der Waals surface area (Å²) in [7, 11) is 0. The van der Waals surface area contributed by atoms with Crippen LogP contribution in [0.2, 0.25) is 0 Å². The summed E-state index contributed by atoms with van der Waals surface area (Å²) in [5, 5.41) is 0. The zero-order chi connectivity index (χ0) is 19.2. The molecule has 0 spiro atoms. The smallest absolute Gasteiger partial charge is 0.213 e. The minimum atomic E-state index is 0. The summed E-state index contributed by atoms with van der Waals surface area (Å²) in [6.45, 7) is 3.27. The van der Waals surface area contributed by atoms with Crippen LogP contribution in [0.1, 0.15) is 19.8 Å². The Balaban J connectivity index is 0.00000240. The largest absolute Gasteiger partial charge is 1.00 e. The zero-order valence-electron chi connectivity index (χ0n) is 16.8. The van der Waals surface area contributed by atoms with Gasteiger partial charge in [0.2, 0.25) is 11.4 Å². The highest BCUT2D eigenvalue weighted by atomic mass is 35.5. The number of nitrogens with zero attached hydrogens (tertiary/aromatic N) is 1. The number of benzene rings is 3. The number of hydrogen-bond acceptors (Lipinski definition) is 0. The van der Waals surface area contributed by atoms with Crippen molar-refractivity contribution in [2.45, 2.75) is 26.3 Å². The summed E-state index contributed by atoms with van der Waals surface area (Å²) >= 11 is 0. The van der Waals surface area contributed by atoms with Crippen molar-refractivity contribution in [3.05, 3.63) is 103 Å². The lowest BCUT2D eigenvalue weighted by molar-refractivity contribution is -0.675. The summed E-state index contributed by atoms with van der Waals surface area (Å²) in [5.41, 5.74) is 7.57. The molecule has 0 atom stereocenters. The van der Waals surface area contributed by atoms with Crippen LogP contribution >= 0.6 is 0 Å². The van der Waals surface area contributed by atoms with Crippen LogP contribution in [0, 0.1) is 0 Å². The van der Waals surface area contributed by atoms with Gasteiger partial charge in [-0.05, 0) is 35.4 Å². The second kappa shape index (κ2) is 10.0. The molecule has 1 aromatic heterocycles. The molecule has 0 aliphatic carbocycles. The highest BCUT2D eigenvalue weighted by Gasteiger charge is 2.22. The first-order valence-corrected chi connectivity index (χ1v) is 10.1. The number of unbranched alkanes of at least 4 members (excludes halogenated alkanes) is 1. The number of halogens is 1. The molecule has 2 heteroatoms. The van der Waals surface area contributed by atoms with Gasteiger partial charge in [-0.25, -0.2) is 0 Å². The summed E-state index contributed by atoms with van der Waals surface area (Å²) in [6, 6.07) is 36.8. The Morgan fingerprint density at radius 1 is 0.552 bits per heavy atom. The van der Waals surface area contributed by atoms with Gasteiger partial charge in [0.1, 0.15) is 6.54 Å². The van der Waals surface area contributed by atoms with E-state index in [1.54, 1.807) is 0 Å². The van der Waals surface area contributed by atoms with Crippen molar-refractivity contribution in [1.82, 2.24) is 0 Å². The maximum absolute atomic E-state index is 2.49. The fourth-order valence-corrected chi connectivity index (χ4v) is 3.67. The molecule has 0 unspecified atom stereocenters. The monoisotopic (exact) mass is 399 g/mol. The number of rotatable bonds is 6. The van der Waals surface area contributed by atoms with E-state index in [1.165, 1.54) is 40.1 Å². The summed E-state index contributed by atoms with van der Waals surface area (Å²) in [6.07, 6.45) is 2.34. The third kappa shape index (κ3) is 4.75. The fourth-order valence-electron chi connectivity index (χ4n) is 3.67. The van der Waals surface area contributed by atoms with Crippen molar-refractivity contribution in [2.75, 3.05) is 0 Å². The molecular formula is C27H26ClN. The lowest BCUT2D eigenvalue weighted by Gasteiger charge is -2.12. The van der Waals surface area contributed by atoms with E-state index in [9.17, 15) is 0 Å². The average molecular weight is 400 g/mol. The van der Waals surface area contributed by atoms with Gasteiger partial charge in [0.15, 0.2) is 0 Å². The molecule has 0 bridgehead atoms. The Kier molecular flexibility index (Phi) is 7.21. The normalized spacial score (nSPS) is 10.4. The Morgan fingerprint density at radius 2 is 0.966 bits per heavy atom. The number of pyridine rings is 1. The average Bonchev–Trinajstić information content (AvgIpc) is 2.79. The molecule has 0 saturated carbocycles. The minimum absolute atomic E-state index is 0. The van der Waals surface area contributed by atoms with E-state index in [0.29, 0.717) is 0 Å². The molecule has 0 aliphatic heterocycles. The van der Waals surface area contributed by atoms with Gasteiger partial charge < -0.3 is 12.4 Å². The zero-order valence-corrected chi connectivity index (χ0v) is 17.5. The van der Waals surface area contributed by atoms with Gasteiger partial charge in [0.05, 0.1) is 0 Å². The Labute approximate surface area is 180 Å². The second-order valence-corrected chi connectivity index (χ2v) is 7.12. The van der Waals surface area contributed by atoms with Crippen LogP contribution < -0.4 is 17.0 Å². The summed E-state index contributed by atoms with van der Waals surface area (Å²) < 4.78 is 2.49. The standard InChI is InChI=1S/C27H26N.ClH/c1-2-3-19-28-26(23-15-9-5-10-16-23)20-25(22-13-7-4-8-14-22)21-27(28)24-17-11-6-12-18-24;/h4-18,20-21H,2-3,19H2,1H3;1H/q+1;/p-1. The topological polar surface area (TPSA) is 3.88 Å². The van der Waals surface area contributed by atoms with Gasteiger partial charge in [-0.3, -0.25) is 0 Å². The van der Waals surface area contributed by atoms with Crippen LogP contribution in [0.3, 0.4) is 0 Å². The lowest BCUT2D eigenvalue weighted by atomic mass is 9.99.